The monoisotopic (exact) mass is 330 g/mol. The molecule has 0 spiro atoms. The van der Waals surface area contributed by atoms with Gasteiger partial charge in [0.2, 0.25) is 0 Å². The third kappa shape index (κ3) is 4.06. The van der Waals surface area contributed by atoms with Gasteiger partial charge in [-0.2, -0.15) is 4.31 Å². The number of rotatable bonds is 6. The summed E-state index contributed by atoms with van der Waals surface area (Å²) in [5, 5.41) is 5.26. The van der Waals surface area contributed by atoms with E-state index < -0.39 is 10.0 Å². The second-order valence-corrected chi connectivity index (χ2v) is 9.13. The van der Waals surface area contributed by atoms with E-state index in [4.69, 9.17) is 0 Å². The summed E-state index contributed by atoms with van der Waals surface area (Å²) in [6, 6.07) is 1.82. The molecule has 6 heteroatoms. The molecule has 1 fully saturated rings. The maximum Gasteiger partial charge on any atom is 0.252 e. The largest absolute Gasteiger partial charge is 0.313 e. The number of thiophene rings is 1. The van der Waals surface area contributed by atoms with Gasteiger partial charge in [-0.15, -0.1) is 11.3 Å². The van der Waals surface area contributed by atoms with Gasteiger partial charge in [-0.1, -0.05) is 20.8 Å². The molecule has 2 atom stereocenters. The van der Waals surface area contributed by atoms with E-state index in [1.165, 1.54) is 11.3 Å². The summed E-state index contributed by atoms with van der Waals surface area (Å²) in [5.74, 6) is 1.03. The van der Waals surface area contributed by atoms with Gasteiger partial charge in [-0.3, -0.25) is 0 Å². The molecule has 0 aliphatic carbocycles. The SMILES string of the molecule is CCCNCc1csc(S(=O)(=O)N2CCC(C)C(C)C2)c1. The van der Waals surface area contributed by atoms with Crippen molar-refractivity contribution in [1.82, 2.24) is 9.62 Å². The third-order valence-electron chi connectivity index (χ3n) is 4.28. The van der Waals surface area contributed by atoms with Gasteiger partial charge < -0.3 is 5.32 Å². The predicted molar refractivity (Wildman–Crippen MR) is 88.0 cm³/mol. The molecule has 0 aromatic carbocycles. The number of sulfonamides is 1. The quantitative estimate of drug-likeness (QED) is 0.816. The normalized spacial score (nSPS) is 24.3. The first-order valence-corrected chi connectivity index (χ1v) is 10.1. The maximum absolute atomic E-state index is 12.7. The highest BCUT2D eigenvalue weighted by Crippen LogP contribution is 2.30. The third-order valence-corrected chi connectivity index (χ3v) is 7.61. The van der Waals surface area contributed by atoms with Gasteiger partial charge in [0.15, 0.2) is 0 Å². The van der Waals surface area contributed by atoms with Crippen LogP contribution in [0.25, 0.3) is 0 Å². The standard InChI is InChI=1S/C15H26N2O2S2/c1-4-6-16-9-14-8-15(20-11-14)21(18,19)17-7-5-12(2)13(3)10-17/h8,11-13,16H,4-7,9-10H2,1-3H3. The Morgan fingerprint density at radius 1 is 1.38 bits per heavy atom. The summed E-state index contributed by atoms with van der Waals surface area (Å²) in [4.78, 5) is 0. The topological polar surface area (TPSA) is 49.4 Å². The van der Waals surface area contributed by atoms with Crippen LogP contribution >= 0.6 is 11.3 Å². The van der Waals surface area contributed by atoms with Crippen LogP contribution in [0.15, 0.2) is 15.7 Å². The Labute approximate surface area is 132 Å². The molecule has 2 heterocycles. The fourth-order valence-corrected chi connectivity index (χ4v) is 5.48. The van der Waals surface area contributed by atoms with Crippen molar-refractivity contribution in [2.24, 2.45) is 11.8 Å². The number of hydrogen-bond donors (Lipinski definition) is 1. The summed E-state index contributed by atoms with van der Waals surface area (Å²) in [7, 11) is -3.30. The second-order valence-electron chi connectivity index (χ2n) is 6.06. The lowest BCUT2D eigenvalue weighted by molar-refractivity contribution is 0.213. The lowest BCUT2D eigenvalue weighted by Gasteiger charge is -2.34. The lowest BCUT2D eigenvalue weighted by atomic mass is 9.90. The van der Waals surface area contributed by atoms with Gasteiger partial charge in [0.1, 0.15) is 4.21 Å². The minimum atomic E-state index is -3.30. The van der Waals surface area contributed by atoms with Crippen LogP contribution in [0.2, 0.25) is 0 Å². The molecule has 120 valence electrons. The summed E-state index contributed by atoms with van der Waals surface area (Å²) >= 11 is 1.34. The van der Waals surface area contributed by atoms with E-state index in [0.29, 0.717) is 29.1 Å². The van der Waals surface area contributed by atoms with Crippen molar-refractivity contribution < 1.29 is 8.42 Å². The fraction of sp³-hybridized carbons (Fsp3) is 0.733. The number of piperidine rings is 1. The average molecular weight is 331 g/mol. The molecule has 0 amide bonds. The van der Waals surface area contributed by atoms with E-state index in [0.717, 1.165) is 31.5 Å². The second kappa shape index (κ2) is 7.22. The predicted octanol–water partition coefficient (Wildman–Crippen LogP) is 2.91. The first kappa shape index (κ1) is 16.9. The Bertz CT molecular complexity index is 554. The Hall–Kier alpha value is -0.430. The Balaban J connectivity index is 2.06. The van der Waals surface area contributed by atoms with Crippen LogP contribution in [-0.2, 0) is 16.6 Å². The molecule has 21 heavy (non-hydrogen) atoms. The van der Waals surface area contributed by atoms with Crippen LogP contribution in [0.1, 0.15) is 39.2 Å². The Kier molecular flexibility index (Phi) is 5.82. The van der Waals surface area contributed by atoms with Gasteiger partial charge in [0.05, 0.1) is 0 Å². The molecular weight excluding hydrogens is 304 g/mol. The van der Waals surface area contributed by atoms with Crippen LogP contribution < -0.4 is 5.32 Å². The van der Waals surface area contributed by atoms with Crippen LogP contribution in [0.3, 0.4) is 0 Å². The molecule has 4 nitrogen and oxygen atoms in total. The summed E-state index contributed by atoms with van der Waals surface area (Å²) in [6.07, 6.45) is 2.04. The van der Waals surface area contributed by atoms with E-state index in [-0.39, 0.29) is 0 Å². The van der Waals surface area contributed by atoms with Gasteiger partial charge in [-0.25, -0.2) is 8.42 Å². The van der Waals surface area contributed by atoms with E-state index in [1.807, 2.05) is 11.4 Å². The number of hydrogen-bond acceptors (Lipinski definition) is 4. The fourth-order valence-electron chi connectivity index (χ4n) is 2.56. The molecular formula is C15H26N2O2S2. The molecule has 1 aromatic heterocycles. The van der Waals surface area contributed by atoms with E-state index in [1.54, 1.807) is 4.31 Å². The van der Waals surface area contributed by atoms with Crippen LogP contribution in [0, 0.1) is 11.8 Å². The van der Waals surface area contributed by atoms with Crippen LogP contribution in [0.5, 0.6) is 0 Å². The molecule has 1 saturated heterocycles. The minimum absolute atomic E-state index is 0.430. The van der Waals surface area contributed by atoms with E-state index >= 15 is 0 Å². The van der Waals surface area contributed by atoms with E-state index in [2.05, 4.69) is 26.1 Å². The van der Waals surface area contributed by atoms with Gasteiger partial charge in [0, 0.05) is 19.6 Å². The molecule has 2 unspecified atom stereocenters. The van der Waals surface area contributed by atoms with Crippen molar-refractivity contribution in [3.8, 4) is 0 Å². The molecule has 2 rings (SSSR count). The molecule has 1 N–H and O–H groups in total. The summed E-state index contributed by atoms with van der Waals surface area (Å²) in [6.45, 7) is 9.46. The summed E-state index contributed by atoms with van der Waals surface area (Å²) in [5.41, 5.74) is 1.06. The van der Waals surface area contributed by atoms with Crippen molar-refractivity contribution in [3.63, 3.8) is 0 Å². The molecule has 1 aliphatic rings. The zero-order chi connectivity index (χ0) is 15.5. The van der Waals surface area contributed by atoms with Crippen molar-refractivity contribution in [1.29, 1.82) is 0 Å². The Morgan fingerprint density at radius 2 is 2.14 bits per heavy atom. The average Bonchev–Trinajstić information content (AvgIpc) is 2.91. The molecule has 0 radical (unpaired) electrons. The zero-order valence-electron chi connectivity index (χ0n) is 13.1. The highest BCUT2D eigenvalue weighted by molar-refractivity contribution is 7.91. The smallest absolute Gasteiger partial charge is 0.252 e. The Morgan fingerprint density at radius 3 is 2.81 bits per heavy atom. The van der Waals surface area contributed by atoms with Crippen LogP contribution in [0.4, 0.5) is 0 Å². The van der Waals surface area contributed by atoms with Crippen molar-refractivity contribution in [2.75, 3.05) is 19.6 Å². The lowest BCUT2D eigenvalue weighted by Crippen LogP contribution is -2.41. The first-order chi connectivity index (χ1) is 9.95. The van der Waals surface area contributed by atoms with Crippen LogP contribution in [-0.4, -0.2) is 32.4 Å². The maximum atomic E-state index is 12.7. The van der Waals surface area contributed by atoms with Crippen molar-refractivity contribution >= 4 is 21.4 Å². The number of nitrogens with zero attached hydrogens (tertiary/aromatic N) is 1. The van der Waals surface area contributed by atoms with Gasteiger partial charge in [-0.05, 0) is 48.2 Å². The van der Waals surface area contributed by atoms with Crippen molar-refractivity contribution in [2.45, 2.75) is 44.4 Å². The molecule has 1 aliphatic heterocycles. The zero-order valence-corrected chi connectivity index (χ0v) is 14.8. The van der Waals surface area contributed by atoms with Gasteiger partial charge in [0.25, 0.3) is 10.0 Å². The highest BCUT2D eigenvalue weighted by atomic mass is 32.2. The molecule has 0 saturated carbocycles. The highest BCUT2D eigenvalue weighted by Gasteiger charge is 2.32. The first-order valence-electron chi connectivity index (χ1n) is 7.73. The van der Waals surface area contributed by atoms with Gasteiger partial charge >= 0.3 is 0 Å². The minimum Gasteiger partial charge on any atom is -0.313 e. The summed E-state index contributed by atoms with van der Waals surface area (Å²) < 4.78 is 27.5. The molecule has 1 aromatic rings. The molecule has 0 bridgehead atoms. The van der Waals surface area contributed by atoms with Crippen molar-refractivity contribution in [3.05, 3.63) is 17.0 Å². The number of nitrogens with one attached hydrogen (secondary N) is 1. The van der Waals surface area contributed by atoms with E-state index in [9.17, 15) is 8.42 Å².